The van der Waals surface area contributed by atoms with Gasteiger partial charge in [0.25, 0.3) is 10.0 Å². The smallest absolute Gasteiger partial charge is 0.263 e. The largest absolute Gasteiger partial charge is 0.496 e. The van der Waals surface area contributed by atoms with Crippen molar-refractivity contribution in [3.8, 4) is 5.75 Å². The van der Waals surface area contributed by atoms with Crippen molar-refractivity contribution in [1.82, 2.24) is 4.98 Å². The van der Waals surface area contributed by atoms with E-state index in [0.717, 1.165) is 0 Å². The number of nitrogens with one attached hydrogen (secondary N) is 1. The van der Waals surface area contributed by atoms with Gasteiger partial charge in [0.05, 0.1) is 16.5 Å². The number of halogens is 1. The quantitative estimate of drug-likeness (QED) is 0.922. The fraction of sp³-hybridized carbons (Fsp3) is 0.100. The summed E-state index contributed by atoms with van der Waals surface area (Å²) in [7, 11) is -2.10. The molecule has 0 fully saturated rings. The van der Waals surface area contributed by atoms with Crippen molar-refractivity contribution in [3.05, 3.63) is 34.2 Å². The monoisotopic (exact) mass is 348 g/mol. The Morgan fingerprint density at radius 2 is 2.22 bits per heavy atom. The van der Waals surface area contributed by atoms with Crippen LogP contribution in [0.1, 0.15) is 0 Å². The van der Waals surface area contributed by atoms with Crippen LogP contribution in [0.5, 0.6) is 5.75 Å². The van der Waals surface area contributed by atoms with E-state index in [4.69, 9.17) is 4.74 Å². The zero-order valence-electron chi connectivity index (χ0n) is 9.25. The van der Waals surface area contributed by atoms with Crippen molar-refractivity contribution in [2.45, 2.75) is 4.90 Å². The molecule has 0 bridgehead atoms. The summed E-state index contributed by atoms with van der Waals surface area (Å²) in [5.74, 6) is 0.572. The predicted octanol–water partition coefficient (Wildman–Crippen LogP) is 2.72. The molecule has 0 unspecified atom stereocenters. The second kappa shape index (κ2) is 5.25. The summed E-state index contributed by atoms with van der Waals surface area (Å²) in [4.78, 5) is 4.02. The zero-order chi connectivity index (χ0) is 13.2. The third-order valence-corrected chi connectivity index (χ3v) is 4.86. The van der Waals surface area contributed by atoms with E-state index in [1.807, 2.05) is 0 Å². The molecule has 0 spiro atoms. The molecule has 0 aliphatic rings. The van der Waals surface area contributed by atoms with E-state index in [2.05, 4.69) is 25.6 Å². The van der Waals surface area contributed by atoms with Crippen LogP contribution in [0, 0.1) is 0 Å². The fourth-order valence-corrected chi connectivity index (χ4v) is 3.77. The minimum Gasteiger partial charge on any atom is -0.496 e. The molecule has 5 nitrogen and oxygen atoms in total. The topological polar surface area (TPSA) is 68.3 Å². The second-order valence-electron chi connectivity index (χ2n) is 3.24. The number of thiazole rings is 1. The molecule has 18 heavy (non-hydrogen) atoms. The summed E-state index contributed by atoms with van der Waals surface area (Å²) in [6.45, 7) is 0. The molecule has 0 aliphatic heterocycles. The maximum absolute atomic E-state index is 12.0. The van der Waals surface area contributed by atoms with Gasteiger partial charge in [-0.25, -0.2) is 13.4 Å². The average Bonchev–Trinajstić information content (AvgIpc) is 2.81. The Bertz CT molecular complexity index is 641. The standard InChI is InChI=1S/C10H9BrN2O3S2/c1-16-9-3-2-7(6-8(9)11)18(14,15)13-10-12-4-5-17-10/h2-6H,1H3,(H,12,13). The summed E-state index contributed by atoms with van der Waals surface area (Å²) >= 11 is 4.47. The van der Waals surface area contributed by atoms with Crippen molar-refractivity contribution >= 4 is 42.4 Å². The van der Waals surface area contributed by atoms with Gasteiger partial charge in [-0.05, 0) is 34.1 Å². The number of rotatable bonds is 4. The van der Waals surface area contributed by atoms with Gasteiger partial charge < -0.3 is 4.74 Å². The van der Waals surface area contributed by atoms with Gasteiger partial charge in [0, 0.05) is 11.6 Å². The third-order valence-electron chi connectivity index (χ3n) is 2.09. The molecule has 2 rings (SSSR count). The van der Waals surface area contributed by atoms with Crippen LogP contribution in [0.25, 0.3) is 0 Å². The van der Waals surface area contributed by atoms with Gasteiger partial charge >= 0.3 is 0 Å². The molecule has 0 radical (unpaired) electrons. The molecule has 1 N–H and O–H groups in total. The lowest BCUT2D eigenvalue weighted by atomic mass is 10.3. The van der Waals surface area contributed by atoms with Gasteiger partial charge in [-0.2, -0.15) is 0 Å². The summed E-state index contributed by atoms with van der Waals surface area (Å²) in [6.07, 6.45) is 1.53. The number of hydrogen-bond donors (Lipinski definition) is 1. The zero-order valence-corrected chi connectivity index (χ0v) is 12.5. The molecule has 1 heterocycles. The molecule has 8 heteroatoms. The number of benzene rings is 1. The summed E-state index contributed by atoms with van der Waals surface area (Å²) < 4.78 is 32.1. The molecule has 0 atom stereocenters. The van der Waals surface area contributed by atoms with Crippen molar-refractivity contribution in [2.24, 2.45) is 0 Å². The number of aromatic nitrogens is 1. The summed E-state index contributed by atoms with van der Waals surface area (Å²) in [5.41, 5.74) is 0. The lowest BCUT2D eigenvalue weighted by Gasteiger charge is -2.07. The van der Waals surface area contributed by atoms with E-state index in [-0.39, 0.29) is 4.90 Å². The lowest BCUT2D eigenvalue weighted by Crippen LogP contribution is -2.12. The first-order valence-corrected chi connectivity index (χ1v) is 7.94. The minimum absolute atomic E-state index is 0.144. The van der Waals surface area contributed by atoms with Crippen molar-refractivity contribution < 1.29 is 13.2 Å². The number of nitrogens with zero attached hydrogens (tertiary/aromatic N) is 1. The lowest BCUT2D eigenvalue weighted by molar-refractivity contribution is 0.411. The fourth-order valence-electron chi connectivity index (χ4n) is 1.26. The van der Waals surface area contributed by atoms with Crippen molar-refractivity contribution in [3.63, 3.8) is 0 Å². The maximum atomic E-state index is 12.0. The highest BCUT2D eigenvalue weighted by atomic mass is 79.9. The Kier molecular flexibility index (Phi) is 3.88. The molecule has 0 saturated carbocycles. The number of ether oxygens (including phenoxy) is 1. The SMILES string of the molecule is COc1ccc(S(=O)(=O)Nc2nccs2)cc1Br. The normalized spacial score (nSPS) is 11.2. The van der Waals surface area contributed by atoms with Crippen LogP contribution in [0.3, 0.4) is 0 Å². The third kappa shape index (κ3) is 2.82. The van der Waals surface area contributed by atoms with Gasteiger partial charge in [-0.1, -0.05) is 0 Å². The highest BCUT2D eigenvalue weighted by Gasteiger charge is 2.16. The molecule has 0 amide bonds. The predicted molar refractivity (Wildman–Crippen MR) is 73.6 cm³/mol. The van der Waals surface area contributed by atoms with E-state index < -0.39 is 10.0 Å². The highest BCUT2D eigenvalue weighted by Crippen LogP contribution is 2.28. The van der Waals surface area contributed by atoms with Gasteiger partial charge in [-0.15, -0.1) is 11.3 Å². The van der Waals surface area contributed by atoms with Gasteiger partial charge in [0.1, 0.15) is 5.75 Å². The van der Waals surface area contributed by atoms with Gasteiger partial charge in [-0.3, -0.25) is 4.72 Å². The molecule has 96 valence electrons. The Labute approximate surface area is 117 Å². The van der Waals surface area contributed by atoms with E-state index in [1.54, 1.807) is 11.4 Å². The van der Waals surface area contributed by atoms with Gasteiger partial charge in [0.2, 0.25) is 0 Å². The van der Waals surface area contributed by atoms with Crippen LogP contribution >= 0.6 is 27.3 Å². The van der Waals surface area contributed by atoms with Crippen LogP contribution in [0.2, 0.25) is 0 Å². The van der Waals surface area contributed by atoms with Gasteiger partial charge in [0.15, 0.2) is 5.13 Å². The van der Waals surface area contributed by atoms with Crippen molar-refractivity contribution in [2.75, 3.05) is 11.8 Å². The number of methoxy groups -OCH3 is 1. The molecule has 1 aromatic carbocycles. The van der Waals surface area contributed by atoms with Crippen LogP contribution in [0.4, 0.5) is 5.13 Å². The summed E-state index contributed by atoms with van der Waals surface area (Å²) in [5, 5.41) is 2.03. The van der Waals surface area contributed by atoms with E-state index in [9.17, 15) is 8.42 Å². The molecular formula is C10H9BrN2O3S2. The molecule has 0 aliphatic carbocycles. The van der Waals surface area contributed by atoms with E-state index in [1.165, 1.54) is 36.8 Å². The Morgan fingerprint density at radius 3 is 2.78 bits per heavy atom. The Balaban J connectivity index is 2.33. The highest BCUT2D eigenvalue weighted by molar-refractivity contribution is 9.10. The molecular weight excluding hydrogens is 340 g/mol. The number of hydrogen-bond acceptors (Lipinski definition) is 5. The molecule has 0 saturated heterocycles. The number of sulfonamides is 1. The second-order valence-corrected chi connectivity index (χ2v) is 6.67. The van der Waals surface area contributed by atoms with E-state index >= 15 is 0 Å². The first-order valence-electron chi connectivity index (χ1n) is 4.79. The Hall–Kier alpha value is -1.12. The van der Waals surface area contributed by atoms with Crippen LogP contribution < -0.4 is 9.46 Å². The van der Waals surface area contributed by atoms with E-state index in [0.29, 0.717) is 15.4 Å². The molecule has 1 aromatic heterocycles. The van der Waals surface area contributed by atoms with Crippen LogP contribution in [0.15, 0.2) is 39.1 Å². The van der Waals surface area contributed by atoms with Crippen LogP contribution in [-0.2, 0) is 10.0 Å². The number of anilines is 1. The maximum Gasteiger partial charge on any atom is 0.263 e. The molecule has 2 aromatic rings. The Morgan fingerprint density at radius 1 is 1.44 bits per heavy atom. The van der Waals surface area contributed by atoms with Crippen LogP contribution in [-0.4, -0.2) is 20.5 Å². The first-order chi connectivity index (χ1) is 8.53. The minimum atomic E-state index is -3.62. The first kappa shape index (κ1) is 13.3. The summed E-state index contributed by atoms with van der Waals surface area (Å²) in [6, 6.07) is 4.54. The van der Waals surface area contributed by atoms with Crippen molar-refractivity contribution in [1.29, 1.82) is 0 Å². The average molecular weight is 349 g/mol.